The summed E-state index contributed by atoms with van der Waals surface area (Å²) in [6.07, 6.45) is 1.69. The molecule has 0 bridgehead atoms. The Morgan fingerprint density at radius 3 is 2.74 bits per heavy atom. The zero-order valence-corrected chi connectivity index (χ0v) is 14.1. The van der Waals surface area contributed by atoms with E-state index in [1.165, 1.54) is 0 Å². The van der Waals surface area contributed by atoms with Crippen LogP contribution in [0.4, 0.5) is 0 Å². The maximum atomic E-state index is 11.7. The largest absolute Gasteiger partial charge is 0.359 e. The summed E-state index contributed by atoms with van der Waals surface area (Å²) < 4.78 is 28.9. The van der Waals surface area contributed by atoms with E-state index >= 15 is 0 Å². The van der Waals surface area contributed by atoms with Crippen LogP contribution in [0.3, 0.4) is 0 Å². The summed E-state index contributed by atoms with van der Waals surface area (Å²) in [5.74, 6) is 1.33. The average Bonchev–Trinajstić information content (AvgIpc) is 3.14. The van der Waals surface area contributed by atoms with Crippen molar-refractivity contribution < 1.29 is 12.9 Å². The highest BCUT2D eigenvalue weighted by molar-refractivity contribution is 7.91. The zero-order chi connectivity index (χ0) is 16.3. The summed E-state index contributed by atoms with van der Waals surface area (Å²) in [5, 5.41) is 4.13. The van der Waals surface area contributed by atoms with Gasteiger partial charge in [0.05, 0.1) is 18.1 Å². The standard InChI is InChI=1S/C17H22N2O3S/c1-2-9-19(15-8-10-23(20,21)13-15)12-16-11-17(18-22-16)14-6-4-3-5-7-14/h3-7,11,15H,2,8-10,12-13H2,1H3/t15-/m1/s1. The Morgan fingerprint density at radius 2 is 2.09 bits per heavy atom. The van der Waals surface area contributed by atoms with Crippen LogP contribution < -0.4 is 0 Å². The van der Waals surface area contributed by atoms with Crippen LogP contribution in [0.25, 0.3) is 11.3 Å². The molecule has 6 heteroatoms. The molecule has 1 saturated heterocycles. The summed E-state index contributed by atoms with van der Waals surface area (Å²) in [4.78, 5) is 2.21. The van der Waals surface area contributed by atoms with E-state index in [0.29, 0.717) is 18.7 Å². The number of sulfone groups is 1. The minimum atomic E-state index is -2.88. The van der Waals surface area contributed by atoms with Crippen LogP contribution >= 0.6 is 0 Å². The van der Waals surface area contributed by atoms with Crippen molar-refractivity contribution in [2.75, 3.05) is 18.1 Å². The second kappa shape index (κ2) is 6.84. The second-order valence-corrected chi connectivity index (χ2v) is 8.30. The highest BCUT2D eigenvalue weighted by Gasteiger charge is 2.32. The third kappa shape index (κ3) is 4.00. The number of nitrogens with zero attached hydrogens (tertiary/aromatic N) is 2. The normalized spacial score (nSPS) is 20.2. The number of hydrogen-bond acceptors (Lipinski definition) is 5. The first-order valence-corrected chi connectivity index (χ1v) is 9.85. The lowest BCUT2D eigenvalue weighted by atomic mass is 10.1. The second-order valence-electron chi connectivity index (χ2n) is 6.07. The molecule has 0 radical (unpaired) electrons. The highest BCUT2D eigenvalue weighted by Crippen LogP contribution is 2.23. The molecule has 0 unspecified atom stereocenters. The highest BCUT2D eigenvalue weighted by atomic mass is 32.2. The van der Waals surface area contributed by atoms with E-state index in [9.17, 15) is 8.42 Å². The summed E-state index contributed by atoms with van der Waals surface area (Å²) >= 11 is 0. The van der Waals surface area contributed by atoms with Gasteiger partial charge in [-0.05, 0) is 19.4 Å². The molecule has 0 N–H and O–H groups in total. The lowest BCUT2D eigenvalue weighted by molar-refractivity contribution is 0.181. The Bertz CT molecular complexity index is 740. The predicted octanol–water partition coefficient (Wildman–Crippen LogP) is 2.74. The van der Waals surface area contributed by atoms with Crippen molar-refractivity contribution in [3.8, 4) is 11.3 Å². The van der Waals surface area contributed by atoms with Crippen molar-refractivity contribution in [2.24, 2.45) is 0 Å². The first kappa shape index (κ1) is 16.2. The molecule has 0 amide bonds. The van der Waals surface area contributed by atoms with Gasteiger partial charge < -0.3 is 4.52 Å². The molecule has 5 nitrogen and oxygen atoms in total. The van der Waals surface area contributed by atoms with Crippen LogP contribution in [0.2, 0.25) is 0 Å². The molecule has 1 fully saturated rings. The van der Waals surface area contributed by atoms with Gasteiger partial charge in [-0.2, -0.15) is 0 Å². The third-order valence-electron chi connectivity index (χ3n) is 4.22. The first-order valence-electron chi connectivity index (χ1n) is 8.03. The average molecular weight is 334 g/mol. The van der Waals surface area contributed by atoms with Gasteiger partial charge in [0.25, 0.3) is 0 Å². The van der Waals surface area contributed by atoms with Gasteiger partial charge in [0, 0.05) is 17.7 Å². The van der Waals surface area contributed by atoms with E-state index in [1.54, 1.807) is 0 Å². The maximum absolute atomic E-state index is 11.7. The number of benzene rings is 1. The molecule has 2 heterocycles. The van der Waals surface area contributed by atoms with Gasteiger partial charge >= 0.3 is 0 Å². The number of aromatic nitrogens is 1. The molecule has 0 saturated carbocycles. The SMILES string of the molecule is CCCN(Cc1cc(-c2ccccc2)no1)[C@@H]1CCS(=O)(=O)C1. The molecular weight excluding hydrogens is 312 g/mol. The molecule has 2 aromatic rings. The van der Waals surface area contributed by atoms with E-state index < -0.39 is 9.84 Å². The fourth-order valence-corrected chi connectivity index (χ4v) is 4.84. The van der Waals surface area contributed by atoms with Crippen LogP contribution in [0.15, 0.2) is 40.9 Å². The molecule has 0 spiro atoms. The smallest absolute Gasteiger partial charge is 0.151 e. The van der Waals surface area contributed by atoms with Crippen molar-refractivity contribution in [2.45, 2.75) is 32.4 Å². The summed E-state index contributed by atoms with van der Waals surface area (Å²) in [7, 11) is -2.88. The first-order chi connectivity index (χ1) is 11.1. The van der Waals surface area contributed by atoms with E-state index in [0.717, 1.165) is 30.0 Å². The van der Waals surface area contributed by atoms with Crippen molar-refractivity contribution in [3.63, 3.8) is 0 Å². The summed E-state index contributed by atoms with van der Waals surface area (Å²) in [6.45, 7) is 3.57. The third-order valence-corrected chi connectivity index (χ3v) is 5.97. The Balaban J connectivity index is 1.72. The lowest BCUT2D eigenvalue weighted by Crippen LogP contribution is -2.36. The lowest BCUT2D eigenvalue weighted by Gasteiger charge is -2.26. The molecule has 3 rings (SSSR count). The van der Waals surface area contributed by atoms with Gasteiger partial charge in [0.1, 0.15) is 5.69 Å². The van der Waals surface area contributed by atoms with Crippen molar-refractivity contribution in [1.82, 2.24) is 10.1 Å². The molecule has 124 valence electrons. The predicted molar refractivity (Wildman–Crippen MR) is 89.7 cm³/mol. The molecule has 1 aromatic carbocycles. The van der Waals surface area contributed by atoms with Gasteiger partial charge in [0.15, 0.2) is 15.6 Å². The van der Waals surface area contributed by atoms with Crippen LogP contribution in [-0.2, 0) is 16.4 Å². The summed E-state index contributed by atoms with van der Waals surface area (Å²) in [5.41, 5.74) is 1.84. The molecule has 1 aliphatic heterocycles. The monoisotopic (exact) mass is 334 g/mol. The van der Waals surface area contributed by atoms with Gasteiger partial charge in [0.2, 0.25) is 0 Å². The molecule has 1 aromatic heterocycles. The molecule has 1 atom stereocenters. The van der Waals surface area contributed by atoms with Crippen molar-refractivity contribution >= 4 is 9.84 Å². The van der Waals surface area contributed by atoms with Gasteiger partial charge in [-0.1, -0.05) is 42.4 Å². The summed E-state index contributed by atoms with van der Waals surface area (Å²) in [6, 6.07) is 11.9. The van der Waals surface area contributed by atoms with Crippen LogP contribution in [-0.4, -0.2) is 42.6 Å². The van der Waals surface area contributed by atoms with Crippen molar-refractivity contribution in [1.29, 1.82) is 0 Å². The van der Waals surface area contributed by atoms with Crippen LogP contribution in [0.5, 0.6) is 0 Å². The molecule has 23 heavy (non-hydrogen) atoms. The van der Waals surface area contributed by atoms with E-state index in [4.69, 9.17) is 4.52 Å². The maximum Gasteiger partial charge on any atom is 0.151 e. The zero-order valence-electron chi connectivity index (χ0n) is 13.3. The Hall–Kier alpha value is -1.66. The van der Waals surface area contributed by atoms with Crippen molar-refractivity contribution in [3.05, 3.63) is 42.2 Å². The van der Waals surface area contributed by atoms with E-state index in [2.05, 4.69) is 17.0 Å². The van der Waals surface area contributed by atoms with Gasteiger partial charge in [-0.15, -0.1) is 0 Å². The Morgan fingerprint density at radius 1 is 1.30 bits per heavy atom. The Kier molecular flexibility index (Phi) is 4.82. The fourth-order valence-electron chi connectivity index (χ4n) is 3.07. The number of rotatable bonds is 6. The van der Waals surface area contributed by atoms with Gasteiger partial charge in [-0.3, -0.25) is 4.90 Å². The molecule has 0 aliphatic carbocycles. The molecular formula is C17H22N2O3S. The minimum absolute atomic E-state index is 0.0882. The minimum Gasteiger partial charge on any atom is -0.359 e. The fraction of sp³-hybridized carbons (Fsp3) is 0.471. The van der Waals surface area contributed by atoms with E-state index in [1.807, 2.05) is 36.4 Å². The topological polar surface area (TPSA) is 63.4 Å². The number of hydrogen-bond donors (Lipinski definition) is 0. The van der Waals surface area contributed by atoms with E-state index in [-0.39, 0.29) is 11.8 Å². The quantitative estimate of drug-likeness (QED) is 0.813. The van der Waals surface area contributed by atoms with Gasteiger partial charge in [-0.25, -0.2) is 8.42 Å². The van der Waals surface area contributed by atoms with Crippen LogP contribution in [0, 0.1) is 0 Å². The Labute approximate surface area is 137 Å². The van der Waals surface area contributed by atoms with Crippen LogP contribution in [0.1, 0.15) is 25.5 Å². The molecule has 1 aliphatic rings.